The SMILES string of the molecule is Cc1cc(-n2c(=O)ccc3c(C=N)cc(F)cc32)ccc1F. The smallest absolute Gasteiger partial charge is 0.255 e. The third-order valence-corrected chi connectivity index (χ3v) is 3.56. The van der Waals surface area contributed by atoms with E-state index in [2.05, 4.69) is 0 Å². The van der Waals surface area contributed by atoms with E-state index in [9.17, 15) is 13.6 Å². The van der Waals surface area contributed by atoms with Gasteiger partial charge in [0.1, 0.15) is 11.6 Å². The van der Waals surface area contributed by atoms with E-state index in [1.165, 1.54) is 41.0 Å². The molecule has 1 N–H and O–H groups in total. The first-order chi connectivity index (χ1) is 10.5. The van der Waals surface area contributed by atoms with Crippen molar-refractivity contribution in [2.45, 2.75) is 6.92 Å². The van der Waals surface area contributed by atoms with Crippen LogP contribution in [0.3, 0.4) is 0 Å². The summed E-state index contributed by atoms with van der Waals surface area (Å²) in [6.07, 6.45) is 1.04. The Labute approximate surface area is 125 Å². The van der Waals surface area contributed by atoms with Crippen molar-refractivity contribution in [2.75, 3.05) is 0 Å². The Hall–Kier alpha value is -2.82. The van der Waals surface area contributed by atoms with E-state index in [1.807, 2.05) is 0 Å². The van der Waals surface area contributed by atoms with Crippen LogP contribution in [0, 0.1) is 24.0 Å². The van der Waals surface area contributed by atoms with Crippen LogP contribution in [0.4, 0.5) is 8.78 Å². The van der Waals surface area contributed by atoms with Gasteiger partial charge in [-0.15, -0.1) is 0 Å². The molecule has 0 bridgehead atoms. The Morgan fingerprint density at radius 3 is 2.55 bits per heavy atom. The second-order valence-electron chi connectivity index (χ2n) is 5.01. The lowest BCUT2D eigenvalue weighted by Crippen LogP contribution is -2.18. The molecule has 110 valence electrons. The van der Waals surface area contributed by atoms with Gasteiger partial charge in [0.15, 0.2) is 0 Å². The molecule has 0 aliphatic carbocycles. The summed E-state index contributed by atoms with van der Waals surface area (Å²) in [7, 11) is 0. The zero-order chi connectivity index (χ0) is 15.9. The van der Waals surface area contributed by atoms with Gasteiger partial charge in [-0.05, 0) is 48.9 Å². The van der Waals surface area contributed by atoms with Crippen molar-refractivity contribution in [1.29, 1.82) is 5.41 Å². The number of pyridine rings is 1. The van der Waals surface area contributed by atoms with E-state index in [-0.39, 0.29) is 11.4 Å². The molecule has 0 saturated heterocycles. The average molecular weight is 298 g/mol. The van der Waals surface area contributed by atoms with Crippen LogP contribution in [0.25, 0.3) is 16.6 Å². The van der Waals surface area contributed by atoms with E-state index in [0.717, 1.165) is 6.21 Å². The van der Waals surface area contributed by atoms with Crippen molar-refractivity contribution in [1.82, 2.24) is 4.57 Å². The van der Waals surface area contributed by atoms with Crippen molar-refractivity contribution in [2.24, 2.45) is 0 Å². The van der Waals surface area contributed by atoms with Crippen LogP contribution in [-0.2, 0) is 0 Å². The number of aromatic nitrogens is 1. The molecule has 0 saturated carbocycles. The maximum absolute atomic E-state index is 13.8. The van der Waals surface area contributed by atoms with Crippen LogP contribution in [0.15, 0.2) is 47.3 Å². The molecule has 0 amide bonds. The molecule has 0 aliphatic heterocycles. The lowest BCUT2D eigenvalue weighted by molar-refractivity contribution is 0.618. The first-order valence-corrected chi connectivity index (χ1v) is 6.63. The maximum Gasteiger partial charge on any atom is 0.255 e. The summed E-state index contributed by atoms with van der Waals surface area (Å²) in [4.78, 5) is 12.2. The van der Waals surface area contributed by atoms with Crippen molar-refractivity contribution in [3.63, 3.8) is 0 Å². The van der Waals surface area contributed by atoms with Gasteiger partial charge in [-0.2, -0.15) is 0 Å². The number of rotatable bonds is 2. The molecule has 5 heteroatoms. The van der Waals surface area contributed by atoms with E-state index in [1.54, 1.807) is 13.0 Å². The minimum Gasteiger partial charge on any atom is -0.308 e. The van der Waals surface area contributed by atoms with Crippen LogP contribution < -0.4 is 5.56 Å². The van der Waals surface area contributed by atoms with Gasteiger partial charge < -0.3 is 5.41 Å². The number of hydrogen-bond acceptors (Lipinski definition) is 2. The van der Waals surface area contributed by atoms with Gasteiger partial charge in [-0.3, -0.25) is 9.36 Å². The second-order valence-corrected chi connectivity index (χ2v) is 5.01. The summed E-state index contributed by atoms with van der Waals surface area (Å²) in [5.41, 5.74) is 1.22. The lowest BCUT2D eigenvalue weighted by atomic mass is 10.1. The summed E-state index contributed by atoms with van der Waals surface area (Å²) in [5.74, 6) is -0.910. The molecule has 1 aromatic heterocycles. The summed E-state index contributed by atoms with van der Waals surface area (Å²) in [6.45, 7) is 1.60. The molecule has 3 aromatic rings. The number of fused-ring (bicyclic) bond motifs is 1. The standard InChI is InChI=1S/C17H12F2N2O/c1-10-6-13(2-4-15(10)19)21-16-8-12(18)7-11(9-20)14(16)3-5-17(21)22/h2-9,20H,1H3. The van der Waals surface area contributed by atoms with Gasteiger partial charge in [-0.25, -0.2) is 8.78 Å². The lowest BCUT2D eigenvalue weighted by Gasteiger charge is -2.12. The molecule has 3 rings (SSSR count). The van der Waals surface area contributed by atoms with Crippen LogP contribution in [0.5, 0.6) is 0 Å². The van der Waals surface area contributed by atoms with Crippen molar-refractivity contribution >= 4 is 17.1 Å². The van der Waals surface area contributed by atoms with E-state index in [0.29, 0.717) is 27.7 Å². The number of hydrogen-bond donors (Lipinski definition) is 1. The van der Waals surface area contributed by atoms with Gasteiger partial charge in [0, 0.05) is 28.9 Å². The molecule has 3 nitrogen and oxygen atoms in total. The first-order valence-electron chi connectivity index (χ1n) is 6.63. The molecule has 2 aromatic carbocycles. The van der Waals surface area contributed by atoms with Crippen molar-refractivity contribution < 1.29 is 8.78 Å². The fourth-order valence-corrected chi connectivity index (χ4v) is 2.49. The highest BCUT2D eigenvalue weighted by molar-refractivity contribution is 5.97. The Balaban J connectivity index is 2.44. The largest absolute Gasteiger partial charge is 0.308 e. The predicted octanol–water partition coefficient (Wildman–Crippen LogP) is 3.57. The van der Waals surface area contributed by atoms with Gasteiger partial charge in [0.2, 0.25) is 0 Å². The highest BCUT2D eigenvalue weighted by atomic mass is 19.1. The molecule has 0 spiro atoms. The minimum atomic E-state index is -0.538. The van der Waals surface area contributed by atoms with Gasteiger partial charge >= 0.3 is 0 Å². The van der Waals surface area contributed by atoms with Gasteiger partial charge in [-0.1, -0.05) is 0 Å². The van der Waals surface area contributed by atoms with Crippen LogP contribution in [-0.4, -0.2) is 10.8 Å². The average Bonchev–Trinajstić information content (AvgIpc) is 2.49. The Kier molecular flexibility index (Phi) is 3.33. The van der Waals surface area contributed by atoms with Crippen LogP contribution in [0.2, 0.25) is 0 Å². The summed E-state index contributed by atoms with van der Waals surface area (Å²) in [5, 5.41) is 7.97. The molecule has 1 heterocycles. The monoisotopic (exact) mass is 298 g/mol. The number of nitrogens with one attached hydrogen (secondary N) is 1. The Morgan fingerprint density at radius 2 is 1.86 bits per heavy atom. The third-order valence-electron chi connectivity index (χ3n) is 3.56. The zero-order valence-corrected chi connectivity index (χ0v) is 11.7. The molecule has 0 radical (unpaired) electrons. The number of halogens is 2. The van der Waals surface area contributed by atoms with E-state index >= 15 is 0 Å². The normalized spacial score (nSPS) is 10.9. The van der Waals surface area contributed by atoms with Gasteiger partial charge in [0.25, 0.3) is 5.56 Å². The molecule has 0 atom stereocenters. The predicted molar refractivity (Wildman–Crippen MR) is 82.1 cm³/mol. The number of nitrogens with zero attached hydrogens (tertiary/aromatic N) is 1. The van der Waals surface area contributed by atoms with Crippen LogP contribution in [0.1, 0.15) is 11.1 Å². The summed E-state index contributed by atoms with van der Waals surface area (Å²) in [6, 6.07) is 9.66. The topological polar surface area (TPSA) is 45.9 Å². The molecule has 0 aliphatic rings. The van der Waals surface area contributed by atoms with Crippen molar-refractivity contribution in [3.8, 4) is 5.69 Å². The fourth-order valence-electron chi connectivity index (χ4n) is 2.49. The highest BCUT2D eigenvalue weighted by Crippen LogP contribution is 2.22. The second kappa shape index (κ2) is 5.18. The molecule has 22 heavy (non-hydrogen) atoms. The minimum absolute atomic E-state index is 0.344. The Morgan fingerprint density at radius 1 is 1.09 bits per heavy atom. The number of benzene rings is 2. The zero-order valence-electron chi connectivity index (χ0n) is 11.7. The van der Waals surface area contributed by atoms with E-state index in [4.69, 9.17) is 5.41 Å². The highest BCUT2D eigenvalue weighted by Gasteiger charge is 2.11. The molecular weight excluding hydrogens is 286 g/mol. The molecule has 0 unspecified atom stereocenters. The third kappa shape index (κ3) is 2.20. The summed E-state index contributed by atoms with van der Waals surface area (Å²) < 4.78 is 28.5. The van der Waals surface area contributed by atoms with Gasteiger partial charge in [0.05, 0.1) is 5.52 Å². The number of aryl methyl sites for hydroxylation is 1. The van der Waals surface area contributed by atoms with E-state index < -0.39 is 5.82 Å². The summed E-state index contributed by atoms with van der Waals surface area (Å²) >= 11 is 0. The fraction of sp³-hybridized carbons (Fsp3) is 0.0588. The quantitative estimate of drug-likeness (QED) is 0.722. The molecule has 0 fully saturated rings. The first kappa shape index (κ1) is 14.1. The van der Waals surface area contributed by atoms with Crippen LogP contribution >= 0.6 is 0 Å². The Bertz CT molecular complexity index is 961. The molecular formula is C17H12F2N2O. The van der Waals surface area contributed by atoms with Crippen molar-refractivity contribution in [3.05, 3.63) is 75.6 Å². The maximum atomic E-state index is 13.8.